The van der Waals surface area contributed by atoms with Crippen molar-refractivity contribution in [2.24, 2.45) is 0 Å². The molecule has 3 nitrogen and oxygen atoms in total. The van der Waals surface area contributed by atoms with E-state index in [0.29, 0.717) is 4.88 Å². The van der Waals surface area contributed by atoms with Gasteiger partial charge < -0.3 is 5.11 Å². The highest BCUT2D eigenvalue weighted by Gasteiger charge is 2.39. The summed E-state index contributed by atoms with van der Waals surface area (Å²) in [4.78, 5) is 1.84. The van der Waals surface area contributed by atoms with Crippen molar-refractivity contribution in [3.8, 4) is 0 Å². The van der Waals surface area contributed by atoms with Gasteiger partial charge >= 0.3 is 0 Å². The van der Waals surface area contributed by atoms with Gasteiger partial charge in [0, 0.05) is 16.0 Å². The normalized spacial score (nSPS) is 15.7. The first-order chi connectivity index (χ1) is 7.87. The predicted molar refractivity (Wildman–Crippen MR) is 76.9 cm³/mol. The van der Waals surface area contributed by atoms with E-state index in [1.807, 2.05) is 12.1 Å². The number of thiophene rings is 1. The summed E-state index contributed by atoms with van der Waals surface area (Å²) in [6, 6.07) is 3.78. The molecule has 1 rings (SSSR count). The second-order valence-electron chi connectivity index (χ2n) is 6.23. The van der Waals surface area contributed by atoms with Crippen LogP contribution in [-0.4, -0.2) is 24.5 Å². The predicted octanol–water partition coefficient (Wildman–Crippen LogP) is 2.90. The molecule has 0 fully saturated rings. The first-order valence-corrected chi connectivity index (χ1v) is 8.56. The van der Waals surface area contributed by atoms with Crippen LogP contribution in [0.2, 0.25) is 0 Å². The Morgan fingerprint density at radius 1 is 1.17 bits per heavy atom. The van der Waals surface area contributed by atoms with E-state index in [2.05, 4.69) is 20.8 Å². The second kappa shape index (κ2) is 4.62. The second-order valence-corrected chi connectivity index (χ2v) is 9.94. The van der Waals surface area contributed by atoms with E-state index >= 15 is 0 Å². The fourth-order valence-electron chi connectivity index (χ4n) is 1.45. The Morgan fingerprint density at radius 2 is 1.67 bits per heavy atom. The van der Waals surface area contributed by atoms with Gasteiger partial charge in [0.25, 0.3) is 0 Å². The Balaban J connectivity index is 3.14. The van der Waals surface area contributed by atoms with E-state index in [1.165, 1.54) is 11.3 Å². The van der Waals surface area contributed by atoms with Gasteiger partial charge in [-0.15, -0.1) is 11.3 Å². The molecule has 5 heteroatoms. The third-order valence-corrected chi connectivity index (χ3v) is 6.95. The number of aliphatic hydroxyl groups excluding tert-OH is 1. The van der Waals surface area contributed by atoms with Crippen molar-refractivity contribution >= 4 is 21.2 Å². The van der Waals surface area contributed by atoms with Crippen LogP contribution in [0, 0.1) is 0 Å². The van der Waals surface area contributed by atoms with Crippen molar-refractivity contribution in [3.63, 3.8) is 0 Å². The number of hydrogen-bond acceptors (Lipinski definition) is 4. The van der Waals surface area contributed by atoms with E-state index in [4.69, 9.17) is 0 Å². The molecule has 0 radical (unpaired) electrons. The molecule has 104 valence electrons. The Morgan fingerprint density at radius 3 is 2.00 bits per heavy atom. The van der Waals surface area contributed by atoms with Gasteiger partial charge in [-0.1, -0.05) is 20.8 Å². The summed E-state index contributed by atoms with van der Waals surface area (Å²) in [6.45, 7) is 9.40. The molecular weight excluding hydrogens is 268 g/mol. The van der Waals surface area contributed by atoms with Crippen LogP contribution in [0.5, 0.6) is 0 Å². The lowest BCUT2D eigenvalue weighted by Gasteiger charge is -2.27. The van der Waals surface area contributed by atoms with E-state index in [-0.39, 0.29) is 5.41 Å². The zero-order chi connectivity index (χ0) is 14.4. The maximum Gasteiger partial charge on any atom is 0.155 e. The molecule has 0 amide bonds. The fourth-order valence-corrected chi connectivity index (χ4v) is 3.29. The molecule has 0 spiro atoms. The van der Waals surface area contributed by atoms with Gasteiger partial charge in [0.1, 0.15) is 6.10 Å². The SMILES string of the molecule is CC(C)(C)c1ccc(C(O)C(C)(C)S(C)(=O)=O)s1. The lowest BCUT2D eigenvalue weighted by Crippen LogP contribution is -2.37. The van der Waals surface area contributed by atoms with Crippen LogP contribution in [0.25, 0.3) is 0 Å². The minimum Gasteiger partial charge on any atom is -0.386 e. The Bertz CT molecular complexity index is 519. The molecule has 0 aliphatic carbocycles. The fraction of sp³-hybridized carbons (Fsp3) is 0.692. The largest absolute Gasteiger partial charge is 0.386 e. The van der Waals surface area contributed by atoms with Gasteiger partial charge in [-0.2, -0.15) is 0 Å². The van der Waals surface area contributed by atoms with Crippen molar-refractivity contribution in [2.75, 3.05) is 6.26 Å². The number of aliphatic hydroxyl groups is 1. The number of rotatable bonds is 3. The molecule has 1 heterocycles. The summed E-state index contributed by atoms with van der Waals surface area (Å²) in [5.74, 6) is 0. The monoisotopic (exact) mass is 290 g/mol. The molecule has 1 atom stereocenters. The summed E-state index contributed by atoms with van der Waals surface area (Å²) in [6.07, 6.45) is 0.169. The quantitative estimate of drug-likeness (QED) is 0.931. The molecule has 1 aromatic heterocycles. The lowest BCUT2D eigenvalue weighted by atomic mass is 9.95. The third-order valence-electron chi connectivity index (χ3n) is 3.25. The van der Waals surface area contributed by atoms with Gasteiger partial charge in [0.15, 0.2) is 9.84 Å². The van der Waals surface area contributed by atoms with Crippen molar-refractivity contribution in [1.29, 1.82) is 0 Å². The van der Waals surface area contributed by atoms with Crippen LogP contribution in [0.3, 0.4) is 0 Å². The minimum atomic E-state index is -3.32. The summed E-state index contributed by atoms with van der Waals surface area (Å²) in [5, 5.41) is 10.3. The van der Waals surface area contributed by atoms with Crippen LogP contribution in [0.1, 0.15) is 50.5 Å². The molecule has 1 unspecified atom stereocenters. The van der Waals surface area contributed by atoms with Gasteiger partial charge in [-0.3, -0.25) is 0 Å². The van der Waals surface area contributed by atoms with Gasteiger partial charge in [-0.25, -0.2) is 8.42 Å². The highest BCUT2D eigenvalue weighted by Crippen LogP contribution is 2.38. The van der Waals surface area contributed by atoms with Crippen LogP contribution in [-0.2, 0) is 15.3 Å². The Labute approximate surface area is 114 Å². The molecule has 0 aliphatic rings. The lowest BCUT2D eigenvalue weighted by molar-refractivity contribution is 0.143. The van der Waals surface area contributed by atoms with E-state index in [9.17, 15) is 13.5 Å². The summed E-state index contributed by atoms with van der Waals surface area (Å²) < 4.78 is 22.3. The first kappa shape index (κ1) is 15.7. The molecule has 0 bridgehead atoms. The molecule has 0 saturated heterocycles. The van der Waals surface area contributed by atoms with Crippen molar-refractivity contribution in [2.45, 2.75) is 50.9 Å². The molecule has 0 saturated carbocycles. The summed E-state index contributed by atoms with van der Waals surface area (Å²) in [7, 11) is -3.32. The topological polar surface area (TPSA) is 54.4 Å². The molecule has 1 N–H and O–H groups in total. The molecule has 0 aromatic carbocycles. The summed E-state index contributed by atoms with van der Waals surface area (Å²) >= 11 is 1.48. The van der Waals surface area contributed by atoms with Crippen LogP contribution < -0.4 is 0 Å². The smallest absolute Gasteiger partial charge is 0.155 e. The highest BCUT2D eigenvalue weighted by molar-refractivity contribution is 7.92. The first-order valence-electron chi connectivity index (χ1n) is 5.85. The van der Waals surface area contributed by atoms with Crippen LogP contribution >= 0.6 is 11.3 Å². The minimum absolute atomic E-state index is 0.0118. The maximum atomic E-state index is 11.7. The standard InChI is InChI=1S/C13H22O3S2/c1-12(2,3)10-8-7-9(17-10)11(14)13(4,5)18(6,15)16/h7-8,11,14H,1-6H3. The zero-order valence-electron chi connectivity index (χ0n) is 11.8. The van der Waals surface area contributed by atoms with Crippen molar-refractivity contribution in [3.05, 3.63) is 21.9 Å². The average Bonchev–Trinajstić information content (AvgIpc) is 2.62. The molecule has 18 heavy (non-hydrogen) atoms. The molecular formula is C13H22O3S2. The van der Waals surface area contributed by atoms with E-state index < -0.39 is 20.7 Å². The van der Waals surface area contributed by atoms with Crippen molar-refractivity contribution in [1.82, 2.24) is 0 Å². The van der Waals surface area contributed by atoms with Gasteiger partial charge in [-0.05, 0) is 31.4 Å². The van der Waals surface area contributed by atoms with E-state index in [0.717, 1.165) is 11.1 Å². The highest BCUT2D eigenvalue weighted by atomic mass is 32.2. The molecule has 1 aromatic rings. The van der Waals surface area contributed by atoms with Crippen molar-refractivity contribution < 1.29 is 13.5 Å². The van der Waals surface area contributed by atoms with Crippen LogP contribution in [0.15, 0.2) is 12.1 Å². The van der Waals surface area contributed by atoms with Gasteiger partial charge in [0.05, 0.1) is 4.75 Å². The van der Waals surface area contributed by atoms with Crippen LogP contribution in [0.4, 0.5) is 0 Å². The Kier molecular flexibility index (Phi) is 4.02. The number of hydrogen-bond donors (Lipinski definition) is 1. The Hall–Kier alpha value is -0.390. The zero-order valence-corrected chi connectivity index (χ0v) is 13.4. The number of sulfone groups is 1. The summed E-state index contributed by atoms with van der Waals surface area (Å²) in [5.41, 5.74) is 0.0118. The maximum absolute atomic E-state index is 11.7. The average molecular weight is 290 g/mol. The molecule has 0 aliphatic heterocycles. The van der Waals surface area contributed by atoms with E-state index in [1.54, 1.807) is 13.8 Å². The van der Waals surface area contributed by atoms with Gasteiger partial charge in [0.2, 0.25) is 0 Å². The third kappa shape index (κ3) is 2.95.